The number of benzene rings is 2. The third kappa shape index (κ3) is 4.10. The number of hydrogen-bond acceptors (Lipinski definition) is 4. The molecule has 1 heterocycles. The molecular formula is C20H18F4O4S. The van der Waals surface area contributed by atoms with Gasteiger partial charge in [0.1, 0.15) is 22.9 Å². The lowest BCUT2D eigenvalue weighted by Gasteiger charge is -2.36. The van der Waals surface area contributed by atoms with Gasteiger partial charge < -0.3 is 8.92 Å². The molecule has 0 saturated heterocycles. The lowest BCUT2D eigenvalue weighted by molar-refractivity contribution is -0.0500. The Morgan fingerprint density at radius 1 is 1.03 bits per heavy atom. The normalized spacial score (nSPS) is 15.9. The van der Waals surface area contributed by atoms with Crippen LogP contribution in [-0.2, 0) is 10.1 Å². The number of ether oxygens (including phenoxy) is 1. The highest BCUT2D eigenvalue weighted by atomic mass is 32.2. The van der Waals surface area contributed by atoms with E-state index in [0.717, 1.165) is 12.1 Å². The van der Waals surface area contributed by atoms with Crippen LogP contribution in [0.5, 0.6) is 11.5 Å². The van der Waals surface area contributed by atoms with Crippen molar-refractivity contribution < 1.29 is 34.9 Å². The van der Waals surface area contributed by atoms with Crippen LogP contribution in [0.3, 0.4) is 0 Å². The van der Waals surface area contributed by atoms with E-state index >= 15 is 0 Å². The zero-order valence-corrected chi connectivity index (χ0v) is 16.4. The first-order valence-electron chi connectivity index (χ1n) is 8.83. The summed E-state index contributed by atoms with van der Waals surface area (Å²) in [6.45, 7) is 3.78. The maximum atomic E-state index is 13.3. The SMILES string of the molecule is CCC1(CC)C=C(c2ccc(F)cc2)c2ccc(OS(=O)(=O)C(F)(F)F)cc2O1. The second-order valence-electron chi connectivity index (χ2n) is 6.58. The van der Waals surface area contributed by atoms with Gasteiger partial charge in [-0.15, -0.1) is 0 Å². The minimum absolute atomic E-state index is 0.186. The third-order valence-corrected chi connectivity index (χ3v) is 5.78. The summed E-state index contributed by atoms with van der Waals surface area (Å²) in [4.78, 5) is 0. The highest BCUT2D eigenvalue weighted by Crippen LogP contribution is 2.44. The maximum absolute atomic E-state index is 13.3. The van der Waals surface area contributed by atoms with E-state index in [0.29, 0.717) is 29.5 Å². The standard InChI is InChI=1S/C20H18F4O4S/c1-3-19(4-2)12-17(13-5-7-14(21)8-6-13)16-10-9-15(11-18(16)27-19)28-29(25,26)20(22,23)24/h5-12H,3-4H2,1-2H3. The molecule has 0 amide bonds. The molecule has 0 aromatic heterocycles. The fourth-order valence-corrected chi connectivity index (χ4v) is 3.54. The van der Waals surface area contributed by atoms with Crippen molar-refractivity contribution in [2.24, 2.45) is 0 Å². The van der Waals surface area contributed by atoms with Crippen molar-refractivity contribution in [2.45, 2.75) is 37.8 Å². The molecule has 2 aromatic rings. The Labute approximate surface area is 165 Å². The van der Waals surface area contributed by atoms with Crippen LogP contribution in [0, 0.1) is 5.82 Å². The largest absolute Gasteiger partial charge is 0.534 e. The van der Waals surface area contributed by atoms with E-state index in [-0.39, 0.29) is 5.75 Å². The van der Waals surface area contributed by atoms with Crippen LogP contribution in [0.15, 0.2) is 48.5 Å². The lowest BCUT2D eigenvalue weighted by Crippen LogP contribution is -2.35. The summed E-state index contributed by atoms with van der Waals surface area (Å²) >= 11 is 0. The predicted octanol–water partition coefficient (Wildman–Crippen LogP) is 5.44. The van der Waals surface area contributed by atoms with Crippen LogP contribution in [0.25, 0.3) is 5.57 Å². The number of hydrogen-bond donors (Lipinski definition) is 0. The van der Waals surface area contributed by atoms with E-state index in [1.54, 1.807) is 12.1 Å². The van der Waals surface area contributed by atoms with Crippen molar-refractivity contribution in [3.63, 3.8) is 0 Å². The van der Waals surface area contributed by atoms with Gasteiger partial charge in [-0.1, -0.05) is 26.0 Å². The molecular weight excluding hydrogens is 412 g/mol. The summed E-state index contributed by atoms with van der Waals surface area (Å²) in [7, 11) is -5.80. The zero-order valence-electron chi connectivity index (χ0n) is 15.6. The van der Waals surface area contributed by atoms with E-state index < -0.39 is 32.8 Å². The van der Waals surface area contributed by atoms with Gasteiger partial charge in [-0.3, -0.25) is 0 Å². The zero-order chi connectivity index (χ0) is 21.4. The number of alkyl halides is 3. The fraction of sp³-hybridized carbons (Fsp3) is 0.300. The van der Waals surface area contributed by atoms with Gasteiger partial charge in [-0.2, -0.15) is 21.6 Å². The van der Waals surface area contributed by atoms with Gasteiger partial charge in [0.05, 0.1) is 0 Å². The summed E-state index contributed by atoms with van der Waals surface area (Å²) in [6.07, 6.45) is 3.01. The molecule has 29 heavy (non-hydrogen) atoms. The average molecular weight is 430 g/mol. The molecule has 1 aliphatic rings. The lowest BCUT2D eigenvalue weighted by atomic mass is 9.85. The summed E-state index contributed by atoms with van der Waals surface area (Å²) in [5, 5.41) is 0. The molecule has 0 fully saturated rings. The first-order chi connectivity index (χ1) is 13.5. The molecule has 0 radical (unpaired) electrons. The predicted molar refractivity (Wildman–Crippen MR) is 99.5 cm³/mol. The van der Waals surface area contributed by atoms with Gasteiger partial charge in [0.2, 0.25) is 0 Å². The average Bonchev–Trinajstić information content (AvgIpc) is 2.66. The van der Waals surface area contributed by atoms with Crippen LogP contribution in [0.1, 0.15) is 37.8 Å². The van der Waals surface area contributed by atoms with E-state index in [1.165, 1.54) is 18.2 Å². The Morgan fingerprint density at radius 3 is 2.21 bits per heavy atom. The molecule has 0 aliphatic carbocycles. The summed E-state index contributed by atoms with van der Waals surface area (Å²) in [5.41, 5.74) is -4.36. The second-order valence-corrected chi connectivity index (χ2v) is 8.12. The first kappa shape index (κ1) is 21.2. The van der Waals surface area contributed by atoms with Crippen molar-refractivity contribution in [2.75, 3.05) is 0 Å². The van der Waals surface area contributed by atoms with Gasteiger partial charge in [0.15, 0.2) is 0 Å². The monoisotopic (exact) mass is 430 g/mol. The Balaban J connectivity index is 2.10. The Morgan fingerprint density at radius 2 is 1.66 bits per heavy atom. The number of fused-ring (bicyclic) bond motifs is 1. The topological polar surface area (TPSA) is 52.6 Å². The van der Waals surface area contributed by atoms with E-state index in [9.17, 15) is 26.0 Å². The van der Waals surface area contributed by atoms with Crippen molar-refractivity contribution in [1.29, 1.82) is 0 Å². The smallest absolute Gasteiger partial charge is 0.482 e. The molecule has 2 aromatic carbocycles. The van der Waals surface area contributed by atoms with E-state index in [1.807, 2.05) is 19.9 Å². The molecule has 0 bridgehead atoms. The van der Waals surface area contributed by atoms with Crippen molar-refractivity contribution in [3.8, 4) is 11.5 Å². The maximum Gasteiger partial charge on any atom is 0.534 e. The Bertz CT molecular complexity index is 1040. The second kappa shape index (κ2) is 7.37. The highest BCUT2D eigenvalue weighted by molar-refractivity contribution is 7.88. The number of halogens is 4. The van der Waals surface area contributed by atoms with Gasteiger partial charge in [-0.05, 0) is 54.3 Å². The van der Waals surface area contributed by atoms with Gasteiger partial charge in [-0.25, -0.2) is 4.39 Å². The molecule has 9 heteroatoms. The molecule has 0 N–H and O–H groups in total. The van der Waals surface area contributed by atoms with Crippen LogP contribution in [0.4, 0.5) is 17.6 Å². The molecule has 0 atom stereocenters. The van der Waals surface area contributed by atoms with Crippen LogP contribution in [0.2, 0.25) is 0 Å². The molecule has 156 valence electrons. The minimum atomic E-state index is -5.80. The Kier molecular flexibility index (Phi) is 5.38. The third-order valence-electron chi connectivity index (χ3n) is 4.81. The van der Waals surface area contributed by atoms with Crippen LogP contribution >= 0.6 is 0 Å². The molecule has 3 rings (SSSR count). The number of rotatable bonds is 5. The Hall–Kier alpha value is -2.55. The van der Waals surface area contributed by atoms with Crippen molar-refractivity contribution in [1.82, 2.24) is 0 Å². The summed E-state index contributed by atoms with van der Waals surface area (Å²) in [6, 6.07) is 9.44. The molecule has 0 unspecified atom stereocenters. The van der Waals surface area contributed by atoms with Crippen LogP contribution < -0.4 is 8.92 Å². The van der Waals surface area contributed by atoms with Crippen molar-refractivity contribution >= 4 is 15.7 Å². The van der Waals surface area contributed by atoms with Crippen molar-refractivity contribution in [3.05, 3.63) is 65.5 Å². The van der Waals surface area contributed by atoms with Gasteiger partial charge >= 0.3 is 15.6 Å². The van der Waals surface area contributed by atoms with E-state index in [4.69, 9.17) is 4.74 Å². The molecule has 4 nitrogen and oxygen atoms in total. The molecule has 0 spiro atoms. The minimum Gasteiger partial charge on any atom is -0.482 e. The summed E-state index contributed by atoms with van der Waals surface area (Å²) in [5.74, 6) is -0.729. The van der Waals surface area contributed by atoms with Crippen LogP contribution in [-0.4, -0.2) is 19.5 Å². The van der Waals surface area contributed by atoms with Gasteiger partial charge in [0, 0.05) is 11.6 Å². The van der Waals surface area contributed by atoms with Gasteiger partial charge in [0.25, 0.3) is 0 Å². The molecule has 0 saturated carbocycles. The first-order valence-corrected chi connectivity index (χ1v) is 10.2. The molecule has 1 aliphatic heterocycles. The highest BCUT2D eigenvalue weighted by Gasteiger charge is 2.48. The fourth-order valence-electron chi connectivity index (χ4n) is 3.09. The summed E-state index contributed by atoms with van der Waals surface area (Å²) < 4.78 is 84.1. The van der Waals surface area contributed by atoms with E-state index in [2.05, 4.69) is 4.18 Å². The quantitative estimate of drug-likeness (QED) is 0.360.